The molecular formula is C19H22N4O4. The number of nitro groups is 1. The fraction of sp³-hybridized carbons (Fsp3) is 0.368. The van der Waals surface area contributed by atoms with E-state index in [1.54, 1.807) is 30.3 Å². The molecule has 0 saturated carbocycles. The first-order valence-electron chi connectivity index (χ1n) is 8.90. The molecule has 2 heterocycles. The Hall–Kier alpha value is -3.00. The van der Waals surface area contributed by atoms with Gasteiger partial charge in [0.1, 0.15) is 0 Å². The van der Waals surface area contributed by atoms with Crippen LogP contribution in [0, 0.1) is 10.1 Å². The molecule has 0 unspecified atom stereocenters. The second-order valence-corrected chi connectivity index (χ2v) is 6.30. The molecular weight excluding hydrogens is 348 g/mol. The van der Waals surface area contributed by atoms with Crippen LogP contribution < -0.4 is 4.74 Å². The first-order valence-corrected chi connectivity index (χ1v) is 8.90. The average molecular weight is 370 g/mol. The molecule has 0 aliphatic carbocycles. The molecule has 1 aromatic carbocycles. The van der Waals surface area contributed by atoms with E-state index in [-0.39, 0.29) is 17.3 Å². The summed E-state index contributed by atoms with van der Waals surface area (Å²) < 4.78 is 5.27. The van der Waals surface area contributed by atoms with Crippen LogP contribution in [-0.2, 0) is 6.54 Å². The summed E-state index contributed by atoms with van der Waals surface area (Å²) >= 11 is 0. The Labute approximate surface area is 157 Å². The summed E-state index contributed by atoms with van der Waals surface area (Å²) in [6.45, 7) is 5.59. The molecule has 0 bridgehead atoms. The number of rotatable bonds is 6. The second kappa shape index (κ2) is 8.59. The van der Waals surface area contributed by atoms with E-state index in [0.717, 1.165) is 19.6 Å². The van der Waals surface area contributed by atoms with Gasteiger partial charge in [0.15, 0.2) is 5.75 Å². The van der Waals surface area contributed by atoms with Crippen molar-refractivity contribution in [2.45, 2.75) is 13.5 Å². The Morgan fingerprint density at radius 2 is 1.89 bits per heavy atom. The minimum atomic E-state index is -0.519. The summed E-state index contributed by atoms with van der Waals surface area (Å²) in [4.78, 5) is 31.5. The van der Waals surface area contributed by atoms with E-state index in [1.165, 1.54) is 17.7 Å². The van der Waals surface area contributed by atoms with Gasteiger partial charge in [-0.1, -0.05) is 0 Å². The van der Waals surface area contributed by atoms with Crippen LogP contribution in [0.1, 0.15) is 22.8 Å². The Kier molecular flexibility index (Phi) is 5.97. The third-order valence-corrected chi connectivity index (χ3v) is 4.52. The summed E-state index contributed by atoms with van der Waals surface area (Å²) in [6.07, 6.45) is 3.54. The third-order valence-electron chi connectivity index (χ3n) is 4.52. The molecule has 0 atom stereocenters. The zero-order chi connectivity index (χ0) is 19.2. The topological polar surface area (TPSA) is 88.8 Å². The van der Waals surface area contributed by atoms with Crippen LogP contribution >= 0.6 is 0 Å². The van der Waals surface area contributed by atoms with E-state index in [1.807, 2.05) is 12.1 Å². The highest BCUT2D eigenvalue weighted by Gasteiger charge is 2.25. The monoisotopic (exact) mass is 370 g/mol. The van der Waals surface area contributed by atoms with Crippen molar-refractivity contribution in [2.24, 2.45) is 0 Å². The van der Waals surface area contributed by atoms with Crippen molar-refractivity contribution in [3.8, 4) is 5.75 Å². The summed E-state index contributed by atoms with van der Waals surface area (Å²) in [7, 11) is 0. The minimum absolute atomic E-state index is 0.181. The number of nitrogens with zero attached hydrogens (tertiary/aromatic N) is 4. The standard InChI is InChI=1S/C19H22N4O4/c1-2-27-18-4-3-16(13-17(18)23(25)26)19(24)22-11-9-21(10-12-22)14-15-5-7-20-8-6-15/h3-8,13H,2,9-12,14H2,1H3. The van der Waals surface area contributed by atoms with Gasteiger partial charge in [-0.3, -0.25) is 24.8 Å². The molecule has 0 N–H and O–H groups in total. The molecule has 1 aromatic heterocycles. The van der Waals surface area contributed by atoms with Crippen LogP contribution in [0.25, 0.3) is 0 Å². The molecule has 8 heteroatoms. The second-order valence-electron chi connectivity index (χ2n) is 6.30. The number of nitro benzene ring substituents is 1. The fourth-order valence-electron chi connectivity index (χ4n) is 3.11. The average Bonchev–Trinajstić information content (AvgIpc) is 2.69. The number of benzene rings is 1. The summed E-state index contributed by atoms with van der Waals surface area (Å²) in [5.41, 5.74) is 1.32. The molecule has 27 heavy (non-hydrogen) atoms. The van der Waals surface area contributed by atoms with Crippen LogP contribution in [0.3, 0.4) is 0 Å². The molecule has 3 rings (SSSR count). The van der Waals surface area contributed by atoms with Crippen LogP contribution in [0.15, 0.2) is 42.7 Å². The number of hydrogen-bond acceptors (Lipinski definition) is 6. The lowest BCUT2D eigenvalue weighted by Crippen LogP contribution is -2.48. The van der Waals surface area contributed by atoms with E-state index in [4.69, 9.17) is 4.74 Å². The first kappa shape index (κ1) is 18.8. The number of pyridine rings is 1. The quantitative estimate of drug-likeness (QED) is 0.573. The van der Waals surface area contributed by atoms with E-state index in [0.29, 0.717) is 25.3 Å². The molecule has 1 saturated heterocycles. The SMILES string of the molecule is CCOc1ccc(C(=O)N2CCN(Cc3ccncc3)CC2)cc1[N+](=O)[O-]. The van der Waals surface area contributed by atoms with E-state index < -0.39 is 4.92 Å². The highest BCUT2D eigenvalue weighted by Crippen LogP contribution is 2.28. The van der Waals surface area contributed by atoms with Gasteiger partial charge in [0, 0.05) is 56.7 Å². The highest BCUT2D eigenvalue weighted by atomic mass is 16.6. The zero-order valence-corrected chi connectivity index (χ0v) is 15.2. The first-order chi connectivity index (χ1) is 13.1. The summed E-state index contributed by atoms with van der Waals surface area (Å²) in [5.74, 6) is -0.00840. The van der Waals surface area contributed by atoms with E-state index in [9.17, 15) is 14.9 Å². The molecule has 8 nitrogen and oxygen atoms in total. The number of carbonyl (C=O) groups is 1. The number of ether oxygens (including phenoxy) is 1. The lowest BCUT2D eigenvalue weighted by molar-refractivity contribution is -0.385. The maximum Gasteiger partial charge on any atom is 0.311 e. The Morgan fingerprint density at radius 1 is 1.19 bits per heavy atom. The zero-order valence-electron chi connectivity index (χ0n) is 15.2. The van der Waals surface area contributed by atoms with Crippen molar-refractivity contribution >= 4 is 11.6 Å². The van der Waals surface area contributed by atoms with Crippen molar-refractivity contribution < 1.29 is 14.5 Å². The van der Waals surface area contributed by atoms with Crippen molar-refractivity contribution in [2.75, 3.05) is 32.8 Å². The molecule has 0 spiro atoms. The highest BCUT2D eigenvalue weighted by molar-refractivity contribution is 5.95. The van der Waals surface area contributed by atoms with E-state index >= 15 is 0 Å². The number of piperazine rings is 1. The van der Waals surface area contributed by atoms with Gasteiger partial charge in [0.05, 0.1) is 11.5 Å². The van der Waals surface area contributed by atoms with Crippen molar-refractivity contribution in [1.29, 1.82) is 0 Å². The number of carbonyl (C=O) groups excluding carboxylic acids is 1. The molecule has 2 aromatic rings. The summed E-state index contributed by atoms with van der Waals surface area (Å²) in [6, 6.07) is 8.35. The van der Waals surface area contributed by atoms with Crippen molar-refractivity contribution in [3.05, 3.63) is 64.0 Å². The number of hydrogen-bond donors (Lipinski definition) is 0. The molecule has 142 valence electrons. The van der Waals surface area contributed by atoms with Gasteiger partial charge >= 0.3 is 5.69 Å². The van der Waals surface area contributed by atoms with Gasteiger partial charge in [0.25, 0.3) is 5.91 Å². The molecule has 1 fully saturated rings. The van der Waals surface area contributed by atoms with Crippen LogP contribution in [0.4, 0.5) is 5.69 Å². The molecule has 1 aliphatic rings. The van der Waals surface area contributed by atoms with Crippen LogP contribution in [-0.4, -0.2) is 58.4 Å². The van der Waals surface area contributed by atoms with Gasteiger partial charge in [-0.25, -0.2) is 0 Å². The van der Waals surface area contributed by atoms with Crippen LogP contribution in [0.5, 0.6) is 5.75 Å². The Bertz CT molecular complexity index is 805. The molecule has 0 radical (unpaired) electrons. The van der Waals surface area contributed by atoms with Gasteiger partial charge in [-0.05, 0) is 36.8 Å². The molecule has 1 amide bonds. The van der Waals surface area contributed by atoms with Gasteiger partial charge in [0.2, 0.25) is 0 Å². The Balaban J connectivity index is 1.63. The van der Waals surface area contributed by atoms with Crippen molar-refractivity contribution in [3.63, 3.8) is 0 Å². The lowest BCUT2D eigenvalue weighted by atomic mass is 10.1. The maximum atomic E-state index is 12.7. The number of aromatic nitrogens is 1. The largest absolute Gasteiger partial charge is 0.487 e. The maximum absolute atomic E-state index is 12.7. The summed E-state index contributed by atoms with van der Waals surface area (Å²) in [5, 5.41) is 11.3. The van der Waals surface area contributed by atoms with Gasteiger partial charge in [-0.2, -0.15) is 0 Å². The normalized spacial score (nSPS) is 14.8. The van der Waals surface area contributed by atoms with E-state index in [2.05, 4.69) is 9.88 Å². The third kappa shape index (κ3) is 4.59. The van der Waals surface area contributed by atoms with Gasteiger partial charge < -0.3 is 9.64 Å². The van der Waals surface area contributed by atoms with Crippen LogP contribution in [0.2, 0.25) is 0 Å². The van der Waals surface area contributed by atoms with Gasteiger partial charge in [-0.15, -0.1) is 0 Å². The fourth-order valence-corrected chi connectivity index (χ4v) is 3.11. The lowest BCUT2D eigenvalue weighted by Gasteiger charge is -2.34. The van der Waals surface area contributed by atoms with Crippen molar-refractivity contribution in [1.82, 2.24) is 14.8 Å². The smallest absolute Gasteiger partial charge is 0.311 e. The number of amides is 1. The Morgan fingerprint density at radius 3 is 2.52 bits per heavy atom. The predicted molar refractivity (Wildman–Crippen MR) is 99.7 cm³/mol. The molecule has 1 aliphatic heterocycles. The minimum Gasteiger partial charge on any atom is -0.487 e. The predicted octanol–water partition coefficient (Wildman–Crippen LogP) is 2.35.